The van der Waals surface area contributed by atoms with E-state index in [0.29, 0.717) is 29.4 Å². The zero-order chi connectivity index (χ0) is 23.9. The van der Waals surface area contributed by atoms with Crippen LogP contribution in [0.25, 0.3) is 0 Å². The van der Waals surface area contributed by atoms with E-state index in [1.165, 1.54) is 23.9 Å². The number of fused-ring (bicyclic) bond motifs is 2. The Balaban J connectivity index is 1.58. The Bertz CT molecular complexity index is 1250. The Kier molecular flexibility index (Phi) is 5.69. The van der Waals surface area contributed by atoms with Crippen LogP contribution in [0.3, 0.4) is 0 Å². The average Bonchev–Trinajstić information content (AvgIpc) is 3.41. The number of hydrogen-bond acceptors (Lipinski definition) is 5. The summed E-state index contributed by atoms with van der Waals surface area (Å²) in [5, 5.41) is 0. The summed E-state index contributed by atoms with van der Waals surface area (Å²) in [6.45, 7) is 0.702. The Labute approximate surface area is 201 Å². The summed E-state index contributed by atoms with van der Waals surface area (Å²) in [6, 6.07) is 18.5. The minimum Gasteiger partial charge on any atom is -0.497 e. The molecule has 1 atom stereocenters. The Morgan fingerprint density at radius 2 is 1.68 bits per heavy atom. The largest absolute Gasteiger partial charge is 0.497 e. The molecule has 0 saturated carbocycles. The van der Waals surface area contributed by atoms with Crippen LogP contribution in [0.1, 0.15) is 21.5 Å². The zero-order valence-corrected chi connectivity index (χ0v) is 19.6. The quantitative estimate of drug-likeness (QED) is 0.543. The van der Waals surface area contributed by atoms with Crippen molar-refractivity contribution in [2.24, 2.45) is 0 Å². The van der Waals surface area contributed by atoms with Crippen molar-refractivity contribution in [3.05, 3.63) is 89.2 Å². The van der Waals surface area contributed by atoms with Crippen molar-refractivity contribution in [2.45, 2.75) is 11.4 Å². The van der Waals surface area contributed by atoms with E-state index in [1.54, 1.807) is 66.5 Å². The third-order valence-corrected chi connectivity index (χ3v) is 7.66. The van der Waals surface area contributed by atoms with Crippen molar-refractivity contribution < 1.29 is 23.5 Å². The van der Waals surface area contributed by atoms with Crippen LogP contribution in [0.15, 0.2) is 66.7 Å². The molecule has 3 aromatic carbocycles. The number of ether oxygens (including phenoxy) is 2. The second kappa shape index (κ2) is 8.68. The minimum atomic E-state index is -1.19. The molecule has 2 aliphatic rings. The van der Waals surface area contributed by atoms with Gasteiger partial charge in [-0.05, 0) is 60.2 Å². The first kappa shape index (κ1) is 22.3. The molecule has 2 heterocycles. The summed E-state index contributed by atoms with van der Waals surface area (Å²) in [7, 11) is 3.14. The lowest BCUT2D eigenvalue weighted by Crippen LogP contribution is -2.50. The van der Waals surface area contributed by atoms with Gasteiger partial charge < -0.3 is 19.3 Å². The van der Waals surface area contributed by atoms with Crippen LogP contribution in [-0.4, -0.2) is 43.2 Å². The van der Waals surface area contributed by atoms with E-state index in [1.807, 2.05) is 12.1 Å². The number of thioether (sulfide) groups is 1. The van der Waals surface area contributed by atoms with Gasteiger partial charge in [-0.25, -0.2) is 4.39 Å². The number of carbonyl (C=O) groups is 2. The van der Waals surface area contributed by atoms with E-state index < -0.39 is 4.87 Å². The molecule has 0 bridgehead atoms. The minimum absolute atomic E-state index is 0.190. The normalized spacial score (nSPS) is 19.0. The smallest absolute Gasteiger partial charge is 0.268 e. The van der Waals surface area contributed by atoms with E-state index in [9.17, 15) is 14.0 Å². The van der Waals surface area contributed by atoms with Crippen molar-refractivity contribution in [3.8, 4) is 11.5 Å². The molecule has 3 aromatic rings. The number of benzene rings is 3. The number of amides is 2. The van der Waals surface area contributed by atoms with Crippen molar-refractivity contribution in [1.82, 2.24) is 4.90 Å². The van der Waals surface area contributed by atoms with Gasteiger partial charge in [0, 0.05) is 23.4 Å². The topological polar surface area (TPSA) is 59.1 Å². The number of anilines is 1. The lowest BCUT2D eigenvalue weighted by molar-refractivity contribution is -0.123. The second-order valence-corrected chi connectivity index (χ2v) is 9.37. The molecule has 8 heteroatoms. The second-order valence-electron chi connectivity index (χ2n) is 8.08. The molecular formula is C26H23FN2O4S. The molecule has 1 saturated heterocycles. The summed E-state index contributed by atoms with van der Waals surface area (Å²) >= 11 is 1.45. The maximum Gasteiger partial charge on any atom is 0.268 e. The highest BCUT2D eigenvalue weighted by Gasteiger charge is 2.59. The molecule has 174 valence electrons. The molecule has 34 heavy (non-hydrogen) atoms. The number of rotatable bonds is 5. The maximum absolute atomic E-state index is 14.1. The SMILES string of the molecule is COc1ccc(C(=O)N2CCSC23C(=O)N(Cc2ccc(F)cc2)c2ccc(OC)cc23)cc1. The fraction of sp³-hybridized carbons (Fsp3) is 0.231. The molecule has 6 nitrogen and oxygen atoms in total. The first-order chi connectivity index (χ1) is 16.5. The number of nitrogens with zero attached hydrogens (tertiary/aromatic N) is 2. The van der Waals surface area contributed by atoms with Gasteiger partial charge in [-0.2, -0.15) is 0 Å². The van der Waals surface area contributed by atoms with Crippen LogP contribution in [0.5, 0.6) is 11.5 Å². The number of hydrogen-bond donors (Lipinski definition) is 0. The molecule has 5 rings (SSSR count). The van der Waals surface area contributed by atoms with E-state index >= 15 is 0 Å². The molecule has 1 fully saturated rings. The predicted octanol–water partition coefficient (Wildman–Crippen LogP) is 4.43. The molecule has 2 amide bonds. The van der Waals surface area contributed by atoms with Gasteiger partial charge in [0.25, 0.3) is 11.8 Å². The Morgan fingerprint density at radius 3 is 2.35 bits per heavy atom. The highest BCUT2D eigenvalue weighted by Crippen LogP contribution is 2.55. The lowest BCUT2D eigenvalue weighted by Gasteiger charge is -2.33. The van der Waals surface area contributed by atoms with E-state index in [2.05, 4.69) is 0 Å². The van der Waals surface area contributed by atoms with Crippen molar-refractivity contribution >= 4 is 29.3 Å². The van der Waals surface area contributed by atoms with Gasteiger partial charge in [-0.1, -0.05) is 12.1 Å². The lowest BCUT2D eigenvalue weighted by atomic mass is 10.0. The fourth-order valence-electron chi connectivity index (χ4n) is 4.54. The fourth-order valence-corrected chi connectivity index (χ4v) is 5.99. The predicted molar refractivity (Wildman–Crippen MR) is 129 cm³/mol. The molecule has 2 aliphatic heterocycles. The van der Waals surface area contributed by atoms with E-state index in [4.69, 9.17) is 9.47 Å². The number of carbonyl (C=O) groups excluding carboxylic acids is 2. The van der Waals surface area contributed by atoms with Crippen LogP contribution in [0.2, 0.25) is 0 Å². The van der Waals surface area contributed by atoms with Crippen LogP contribution in [0, 0.1) is 5.82 Å². The van der Waals surface area contributed by atoms with Crippen LogP contribution < -0.4 is 14.4 Å². The standard InChI is InChI=1S/C26H23FN2O4S/c1-32-20-9-5-18(6-10-20)24(30)29-13-14-34-26(29)22-15-21(33-2)11-12-23(22)28(25(26)31)16-17-3-7-19(27)8-4-17/h3-12,15H,13-14,16H2,1-2H3. The number of methoxy groups -OCH3 is 2. The summed E-state index contributed by atoms with van der Waals surface area (Å²) < 4.78 is 24.1. The monoisotopic (exact) mass is 478 g/mol. The van der Waals surface area contributed by atoms with Crippen molar-refractivity contribution in [2.75, 3.05) is 31.4 Å². The average molecular weight is 479 g/mol. The number of halogens is 1. The van der Waals surface area contributed by atoms with Gasteiger partial charge in [0.05, 0.1) is 26.5 Å². The van der Waals surface area contributed by atoms with Gasteiger partial charge in [0.15, 0.2) is 4.87 Å². The molecule has 0 radical (unpaired) electrons. The molecular weight excluding hydrogens is 455 g/mol. The van der Waals surface area contributed by atoms with Gasteiger partial charge in [-0.3, -0.25) is 9.59 Å². The highest BCUT2D eigenvalue weighted by atomic mass is 32.2. The molecule has 1 unspecified atom stereocenters. The van der Waals surface area contributed by atoms with Gasteiger partial charge in [0.1, 0.15) is 17.3 Å². The van der Waals surface area contributed by atoms with Crippen molar-refractivity contribution in [3.63, 3.8) is 0 Å². The van der Waals surface area contributed by atoms with Crippen LogP contribution >= 0.6 is 11.8 Å². The summed E-state index contributed by atoms with van der Waals surface area (Å²) in [5.74, 6) is 1.14. The molecule has 0 aromatic heterocycles. The highest BCUT2D eigenvalue weighted by molar-refractivity contribution is 8.01. The summed E-state index contributed by atoms with van der Waals surface area (Å²) in [6.07, 6.45) is 0. The van der Waals surface area contributed by atoms with E-state index in [-0.39, 0.29) is 24.2 Å². The summed E-state index contributed by atoms with van der Waals surface area (Å²) in [5.41, 5.74) is 2.72. The first-order valence-corrected chi connectivity index (χ1v) is 11.8. The third-order valence-electron chi connectivity index (χ3n) is 6.24. The zero-order valence-electron chi connectivity index (χ0n) is 18.8. The molecule has 0 aliphatic carbocycles. The van der Waals surface area contributed by atoms with E-state index in [0.717, 1.165) is 16.8 Å². The Morgan fingerprint density at radius 1 is 1.00 bits per heavy atom. The van der Waals surface area contributed by atoms with Gasteiger partial charge >= 0.3 is 0 Å². The first-order valence-electron chi connectivity index (χ1n) is 10.8. The van der Waals surface area contributed by atoms with Crippen LogP contribution in [-0.2, 0) is 16.2 Å². The van der Waals surface area contributed by atoms with Crippen molar-refractivity contribution in [1.29, 1.82) is 0 Å². The van der Waals surface area contributed by atoms with Crippen LogP contribution in [0.4, 0.5) is 10.1 Å². The maximum atomic E-state index is 14.1. The van der Waals surface area contributed by atoms with Gasteiger partial charge in [-0.15, -0.1) is 11.8 Å². The Hall–Kier alpha value is -3.52. The van der Waals surface area contributed by atoms with Gasteiger partial charge in [0.2, 0.25) is 0 Å². The molecule has 1 spiro atoms. The molecule has 0 N–H and O–H groups in total. The third kappa shape index (κ3) is 3.49. The summed E-state index contributed by atoms with van der Waals surface area (Å²) in [4.78, 5) is 29.9.